The summed E-state index contributed by atoms with van der Waals surface area (Å²) in [5, 5.41) is 11.7. The molecular weight excluding hydrogens is 234 g/mol. The molecule has 0 heterocycles. The third-order valence-corrected chi connectivity index (χ3v) is 4.64. The van der Waals surface area contributed by atoms with Gasteiger partial charge in [0.1, 0.15) is 0 Å². The van der Waals surface area contributed by atoms with Crippen LogP contribution in [0.15, 0.2) is 0 Å². The van der Waals surface area contributed by atoms with E-state index in [1.54, 1.807) is 0 Å². The molecule has 0 saturated heterocycles. The lowest BCUT2D eigenvalue weighted by molar-refractivity contribution is -0.208. The van der Waals surface area contributed by atoms with Crippen LogP contribution in [0.5, 0.6) is 0 Å². The first kappa shape index (κ1) is 17.1. The number of nitrogens with zero attached hydrogens (tertiary/aromatic N) is 1. The SMILES string of the molecule is CC[S@](=O)[C@@H](C)C(N(O)C(C)(C)C)C(C)(C)C. The Hall–Kier alpha value is 0.0700. The summed E-state index contributed by atoms with van der Waals surface area (Å²) in [6.07, 6.45) is 0. The Labute approximate surface area is 109 Å². The molecule has 1 N–H and O–H groups in total. The van der Waals surface area contributed by atoms with E-state index in [2.05, 4.69) is 20.8 Å². The van der Waals surface area contributed by atoms with Crippen LogP contribution in [0.2, 0.25) is 0 Å². The quantitative estimate of drug-likeness (QED) is 0.793. The summed E-state index contributed by atoms with van der Waals surface area (Å²) in [5.41, 5.74) is -0.462. The van der Waals surface area contributed by atoms with E-state index in [0.29, 0.717) is 5.75 Å². The maximum absolute atomic E-state index is 12.0. The molecule has 0 amide bonds. The Bertz CT molecular complexity index is 266. The Morgan fingerprint density at radius 3 is 1.82 bits per heavy atom. The van der Waals surface area contributed by atoms with Crippen LogP contribution in [-0.2, 0) is 10.8 Å². The largest absolute Gasteiger partial charge is 0.313 e. The van der Waals surface area contributed by atoms with Gasteiger partial charge >= 0.3 is 0 Å². The number of hydroxylamine groups is 2. The minimum atomic E-state index is -0.905. The van der Waals surface area contributed by atoms with Crippen LogP contribution in [-0.4, -0.2) is 37.1 Å². The van der Waals surface area contributed by atoms with Crippen LogP contribution in [0.4, 0.5) is 0 Å². The predicted octanol–water partition coefficient (Wildman–Crippen LogP) is 3.05. The van der Waals surface area contributed by atoms with Crippen molar-refractivity contribution < 1.29 is 9.42 Å². The highest BCUT2D eigenvalue weighted by Crippen LogP contribution is 2.32. The van der Waals surface area contributed by atoms with Crippen LogP contribution in [0.3, 0.4) is 0 Å². The van der Waals surface area contributed by atoms with Gasteiger partial charge in [0.15, 0.2) is 0 Å². The molecule has 0 saturated carbocycles. The van der Waals surface area contributed by atoms with Crippen molar-refractivity contribution >= 4 is 10.8 Å². The highest BCUT2D eigenvalue weighted by atomic mass is 32.2. The topological polar surface area (TPSA) is 40.5 Å². The van der Waals surface area contributed by atoms with Crippen LogP contribution in [0, 0.1) is 5.41 Å². The van der Waals surface area contributed by atoms with Crippen molar-refractivity contribution in [2.45, 2.75) is 72.2 Å². The molecule has 17 heavy (non-hydrogen) atoms. The summed E-state index contributed by atoms with van der Waals surface area (Å²) in [6, 6.07) is -0.122. The lowest BCUT2D eigenvalue weighted by atomic mass is 9.83. The van der Waals surface area contributed by atoms with Crippen molar-refractivity contribution in [1.82, 2.24) is 5.06 Å². The lowest BCUT2D eigenvalue weighted by Crippen LogP contribution is -2.57. The average Bonchev–Trinajstić information content (AvgIpc) is 2.12. The van der Waals surface area contributed by atoms with Gasteiger partial charge in [-0.1, -0.05) is 27.7 Å². The molecule has 0 aliphatic heterocycles. The molecule has 3 nitrogen and oxygen atoms in total. The molecule has 1 unspecified atom stereocenters. The van der Waals surface area contributed by atoms with Crippen molar-refractivity contribution in [1.29, 1.82) is 0 Å². The Balaban J connectivity index is 5.24. The van der Waals surface area contributed by atoms with E-state index in [1.807, 2.05) is 34.6 Å². The highest BCUT2D eigenvalue weighted by molar-refractivity contribution is 7.85. The Morgan fingerprint density at radius 2 is 1.59 bits per heavy atom. The van der Waals surface area contributed by atoms with E-state index < -0.39 is 10.8 Å². The first-order valence-electron chi connectivity index (χ1n) is 6.28. The molecule has 0 radical (unpaired) electrons. The lowest BCUT2D eigenvalue weighted by Gasteiger charge is -2.45. The van der Waals surface area contributed by atoms with E-state index in [0.717, 1.165) is 0 Å². The first-order chi connectivity index (χ1) is 7.42. The van der Waals surface area contributed by atoms with Gasteiger partial charge in [-0.3, -0.25) is 4.21 Å². The number of rotatable bonds is 4. The molecule has 0 aromatic rings. The fourth-order valence-corrected chi connectivity index (χ4v) is 3.43. The monoisotopic (exact) mass is 263 g/mol. The summed E-state index contributed by atoms with van der Waals surface area (Å²) >= 11 is 0. The van der Waals surface area contributed by atoms with Gasteiger partial charge in [-0.15, -0.1) is 0 Å². The van der Waals surface area contributed by atoms with Gasteiger partial charge in [0, 0.05) is 22.1 Å². The smallest absolute Gasteiger partial charge is 0.0545 e. The van der Waals surface area contributed by atoms with Gasteiger partial charge in [-0.2, -0.15) is 5.06 Å². The van der Waals surface area contributed by atoms with Crippen molar-refractivity contribution in [2.75, 3.05) is 5.75 Å². The van der Waals surface area contributed by atoms with Gasteiger partial charge in [-0.05, 0) is 33.1 Å². The Kier molecular flexibility index (Phi) is 5.83. The first-order valence-corrected chi connectivity index (χ1v) is 7.66. The van der Waals surface area contributed by atoms with Gasteiger partial charge < -0.3 is 5.21 Å². The second kappa shape index (κ2) is 5.81. The molecule has 0 aromatic heterocycles. The molecule has 3 atom stereocenters. The zero-order valence-electron chi connectivity index (χ0n) is 12.6. The standard InChI is InChI=1S/C13H29NO2S/c1-9-17(16)10(2)11(12(3,4)5)14(15)13(6,7)8/h10-11,15H,9H2,1-8H3/t10-,11?,17-/m0/s1. The zero-order chi connectivity index (χ0) is 14.0. The van der Waals surface area contributed by atoms with Crippen molar-refractivity contribution in [3.63, 3.8) is 0 Å². The van der Waals surface area contributed by atoms with E-state index in [-0.39, 0.29) is 22.2 Å². The number of hydrogen-bond acceptors (Lipinski definition) is 3. The molecule has 0 fully saturated rings. The van der Waals surface area contributed by atoms with Crippen LogP contribution < -0.4 is 0 Å². The summed E-state index contributed by atoms with van der Waals surface area (Å²) in [7, 11) is -0.905. The summed E-state index contributed by atoms with van der Waals surface area (Å²) in [4.78, 5) is 0. The molecule has 0 bridgehead atoms. The summed E-state index contributed by atoms with van der Waals surface area (Å²) < 4.78 is 12.0. The van der Waals surface area contributed by atoms with Crippen LogP contribution >= 0.6 is 0 Å². The third kappa shape index (κ3) is 4.68. The van der Waals surface area contributed by atoms with E-state index in [1.165, 1.54) is 5.06 Å². The van der Waals surface area contributed by atoms with E-state index >= 15 is 0 Å². The van der Waals surface area contributed by atoms with Crippen LogP contribution in [0.25, 0.3) is 0 Å². The maximum Gasteiger partial charge on any atom is 0.0545 e. The average molecular weight is 263 g/mol. The molecule has 4 heteroatoms. The molecule has 0 spiro atoms. The van der Waals surface area contributed by atoms with Crippen molar-refractivity contribution in [2.24, 2.45) is 5.41 Å². The summed E-state index contributed by atoms with van der Waals surface area (Å²) in [5.74, 6) is 0.631. The zero-order valence-corrected chi connectivity index (χ0v) is 13.4. The normalized spacial score (nSPS) is 19.2. The molecule has 0 aliphatic rings. The molecule has 0 rings (SSSR count). The predicted molar refractivity (Wildman–Crippen MR) is 74.8 cm³/mol. The van der Waals surface area contributed by atoms with E-state index in [9.17, 15) is 9.42 Å². The van der Waals surface area contributed by atoms with Gasteiger partial charge in [-0.25, -0.2) is 0 Å². The van der Waals surface area contributed by atoms with Crippen LogP contribution in [0.1, 0.15) is 55.4 Å². The van der Waals surface area contributed by atoms with Gasteiger partial charge in [0.2, 0.25) is 0 Å². The second-order valence-corrected chi connectivity index (χ2v) is 8.78. The molecular formula is C13H29NO2S. The fraction of sp³-hybridized carbons (Fsp3) is 1.00. The van der Waals surface area contributed by atoms with E-state index in [4.69, 9.17) is 0 Å². The van der Waals surface area contributed by atoms with Gasteiger partial charge in [0.25, 0.3) is 0 Å². The summed E-state index contributed by atoms with van der Waals surface area (Å²) in [6.45, 7) is 16.0. The third-order valence-electron chi connectivity index (χ3n) is 2.98. The second-order valence-electron chi connectivity index (χ2n) is 6.70. The maximum atomic E-state index is 12.0. The molecule has 0 aromatic carbocycles. The molecule has 104 valence electrons. The minimum Gasteiger partial charge on any atom is -0.313 e. The number of hydrogen-bond donors (Lipinski definition) is 1. The fourth-order valence-electron chi connectivity index (χ4n) is 2.09. The van der Waals surface area contributed by atoms with Crippen molar-refractivity contribution in [3.05, 3.63) is 0 Å². The Morgan fingerprint density at radius 1 is 1.18 bits per heavy atom. The van der Waals surface area contributed by atoms with Gasteiger partial charge in [0.05, 0.1) is 11.3 Å². The highest BCUT2D eigenvalue weighted by Gasteiger charge is 2.40. The van der Waals surface area contributed by atoms with Crippen molar-refractivity contribution in [3.8, 4) is 0 Å². The molecule has 0 aliphatic carbocycles. The minimum absolute atomic E-state index is 0.0516.